The molecule has 0 aliphatic carbocycles. The lowest BCUT2D eigenvalue weighted by molar-refractivity contribution is -0.137. The van der Waals surface area contributed by atoms with E-state index in [1.165, 1.54) is 12.1 Å². The van der Waals surface area contributed by atoms with Crippen LogP contribution in [0, 0.1) is 0 Å². The Morgan fingerprint density at radius 3 is 2.45 bits per heavy atom. The molecule has 0 aliphatic heterocycles. The number of alkyl halides is 3. The summed E-state index contributed by atoms with van der Waals surface area (Å²) in [6.45, 7) is 0. The van der Waals surface area contributed by atoms with E-state index in [1.807, 2.05) is 0 Å². The molecule has 0 saturated carbocycles. The van der Waals surface area contributed by atoms with Crippen LogP contribution in [0.15, 0.2) is 36.5 Å². The zero-order valence-corrected chi connectivity index (χ0v) is 11.2. The van der Waals surface area contributed by atoms with Gasteiger partial charge in [-0.3, -0.25) is 10.2 Å². The van der Waals surface area contributed by atoms with Gasteiger partial charge in [0.15, 0.2) is 0 Å². The summed E-state index contributed by atoms with van der Waals surface area (Å²) in [7, 11) is 0. The predicted octanol–water partition coefficient (Wildman–Crippen LogP) is 4.77. The molecule has 1 N–H and O–H groups in total. The van der Waals surface area contributed by atoms with E-state index in [2.05, 4.69) is 4.98 Å². The van der Waals surface area contributed by atoms with Gasteiger partial charge in [0, 0.05) is 23.5 Å². The highest BCUT2D eigenvalue weighted by atomic mass is 35.5. The summed E-state index contributed by atoms with van der Waals surface area (Å²) in [5, 5.41) is 8.97. The van der Waals surface area contributed by atoms with Gasteiger partial charge in [0.25, 0.3) is 0 Å². The molecule has 0 radical (unpaired) electrons. The van der Waals surface area contributed by atoms with Gasteiger partial charge in [-0.1, -0.05) is 23.7 Å². The maximum absolute atomic E-state index is 12.5. The Hall–Kier alpha value is -1.50. The maximum Gasteiger partial charge on any atom is 0.417 e. The molecule has 8 heteroatoms. The van der Waals surface area contributed by atoms with Crippen molar-refractivity contribution in [1.29, 1.82) is 0 Å². The van der Waals surface area contributed by atoms with Crippen LogP contribution in [-0.4, -0.2) is 10.2 Å². The zero-order valence-electron chi connectivity index (χ0n) is 9.70. The number of rotatable bonds is 2. The van der Waals surface area contributed by atoms with E-state index >= 15 is 0 Å². The first-order valence-corrected chi connectivity index (χ1v) is 5.98. The van der Waals surface area contributed by atoms with Crippen LogP contribution in [0.25, 0.3) is 11.3 Å². The van der Waals surface area contributed by atoms with E-state index < -0.39 is 11.7 Å². The van der Waals surface area contributed by atoms with Gasteiger partial charge in [-0.25, -0.2) is 0 Å². The third kappa shape index (κ3) is 3.15. The molecule has 1 heterocycles. The smallest absolute Gasteiger partial charge is 0.273 e. The molecule has 1 aromatic heterocycles. The topological polar surface area (TPSA) is 36.4 Å². The van der Waals surface area contributed by atoms with Gasteiger partial charge in [-0.15, -0.1) is 0 Å². The van der Waals surface area contributed by atoms with E-state index in [0.717, 1.165) is 6.07 Å². The van der Waals surface area contributed by atoms with Crippen LogP contribution >= 0.6 is 23.4 Å². The minimum atomic E-state index is -4.50. The molecule has 0 bridgehead atoms. The number of hydrogen-bond donors (Lipinski definition) is 1. The second kappa shape index (κ2) is 5.47. The number of hydrogen-bond acceptors (Lipinski definition) is 3. The quantitative estimate of drug-likeness (QED) is 0.639. The highest BCUT2D eigenvalue weighted by Crippen LogP contribution is 2.34. The van der Waals surface area contributed by atoms with Crippen LogP contribution in [0.3, 0.4) is 0 Å². The van der Waals surface area contributed by atoms with Crippen molar-refractivity contribution in [3.05, 3.63) is 47.1 Å². The first kappa shape index (κ1) is 14.9. The van der Waals surface area contributed by atoms with E-state index in [0.29, 0.717) is 16.3 Å². The van der Waals surface area contributed by atoms with Crippen molar-refractivity contribution in [2.75, 3.05) is 4.58 Å². The maximum atomic E-state index is 12.5. The van der Waals surface area contributed by atoms with Crippen LogP contribution in [0.1, 0.15) is 5.56 Å². The molecular formula is C12H7Cl2F3N2O. The van der Waals surface area contributed by atoms with Crippen molar-refractivity contribution in [3.63, 3.8) is 0 Å². The van der Waals surface area contributed by atoms with E-state index in [4.69, 9.17) is 28.6 Å². The monoisotopic (exact) mass is 322 g/mol. The van der Waals surface area contributed by atoms with Crippen molar-refractivity contribution < 1.29 is 18.4 Å². The minimum absolute atomic E-state index is 0.143. The summed E-state index contributed by atoms with van der Waals surface area (Å²) in [4.78, 5) is 3.72. The summed E-state index contributed by atoms with van der Waals surface area (Å²) in [6.07, 6.45) is -3.81. The van der Waals surface area contributed by atoms with Crippen LogP contribution < -0.4 is 4.58 Å². The fourth-order valence-corrected chi connectivity index (χ4v) is 1.95. The number of aromatic nitrogens is 1. The molecule has 0 amide bonds. The van der Waals surface area contributed by atoms with Gasteiger partial charge in [0.1, 0.15) is 0 Å². The number of nitrogens with zero attached hydrogens (tertiary/aromatic N) is 2. The Balaban J connectivity index is 2.46. The molecule has 20 heavy (non-hydrogen) atoms. The van der Waals surface area contributed by atoms with Crippen LogP contribution in [0.2, 0.25) is 5.02 Å². The molecule has 2 aromatic rings. The SMILES string of the molecule is ON(Cl)c1cccc(-c2ncc(C(F)(F)F)cc2Cl)c1. The van der Waals surface area contributed by atoms with Gasteiger partial charge < -0.3 is 0 Å². The predicted molar refractivity (Wildman–Crippen MR) is 69.8 cm³/mol. The van der Waals surface area contributed by atoms with Gasteiger partial charge in [0.05, 0.1) is 22.0 Å². The Bertz CT molecular complexity index is 632. The Morgan fingerprint density at radius 1 is 1.20 bits per heavy atom. The number of halogens is 5. The molecule has 0 unspecified atom stereocenters. The van der Waals surface area contributed by atoms with E-state index in [-0.39, 0.29) is 16.4 Å². The van der Waals surface area contributed by atoms with Crippen LogP contribution in [-0.2, 0) is 6.18 Å². The van der Waals surface area contributed by atoms with Crippen molar-refractivity contribution >= 4 is 29.1 Å². The summed E-state index contributed by atoms with van der Waals surface area (Å²) in [6, 6.07) is 6.90. The lowest BCUT2D eigenvalue weighted by Gasteiger charge is -2.11. The van der Waals surface area contributed by atoms with Gasteiger partial charge in [-0.05, 0) is 18.2 Å². The number of benzene rings is 1. The van der Waals surface area contributed by atoms with Crippen LogP contribution in [0.4, 0.5) is 18.9 Å². The standard InChI is InChI=1S/C12H7Cl2F3N2O/c13-10-5-8(12(15,16)17)6-18-11(10)7-2-1-3-9(4-7)19(14)20/h1-6,20H. The minimum Gasteiger partial charge on any atom is -0.273 e. The molecule has 106 valence electrons. The lowest BCUT2D eigenvalue weighted by Crippen LogP contribution is -2.06. The summed E-state index contributed by atoms with van der Waals surface area (Å²) >= 11 is 11.2. The molecule has 0 aliphatic rings. The highest BCUT2D eigenvalue weighted by Gasteiger charge is 2.31. The Kier molecular flexibility index (Phi) is 4.08. The average molecular weight is 323 g/mol. The van der Waals surface area contributed by atoms with Gasteiger partial charge >= 0.3 is 6.18 Å². The van der Waals surface area contributed by atoms with Crippen LogP contribution in [0.5, 0.6) is 0 Å². The molecule has 0 spiro atoms. The molecule has 0 saturated heterocycles. The summed E-state index contributed by atoms with van der Waals surface area (Å²) < 4.78 is 37.9. The summed E-state index contributed by atoms with van der Waals surface area (Å²) in [5.41, 5.74) is -0.0913. The number of pyridine rings is 1. The number of anilines is 1. The first-order chi connectivity index (χ1) is 9.29. The largest absolute Gasteiger partial charge is 0.417 e. The molecule has 0 atom stereocenters. The third-order valence-electron chi connectivity index (χ3n) is 2.50. The third-order valence-corrected chi connectivity index (χ3v) is 2.98. The van der Waals surface area contributed by atoms with Crippen molar-refractivity contribution in [1.82, 2.24) is 4.98 Å². The molecule has 0 fully saturated rings. The lowest BCUT2D eigenvalue weighted by atomic mass is 10.1. The van der Waals surface area contributed by atoms with Crippen molar-refractivity contribution in [2.45, 2.75) is 6.18 Å². The zero-order chi connectivity index (χ0) is 14.9. The van der Waals surface area contributed by atoms with Gasteiger partial charge in [-0.2, -0.15) is 17.8 Å². The van der Waals surface area contributed by atoms with Crippen molar-refractivity contribution in [2.24, 2.45) is 0 Å². The molecule has 1 aromatic carbocycles. The van der Waals surface area contributed by atoms with Crippen molar-refractivity contribution in [3.8, 4) is 11.3 Å². The molecular weight excluding hydrogens is 316 g/mol. The second-order valence-corrected chi connectivity index (χ2v) is 4.59. The summed E-state index contributed by atoms with van der Waals surface area (Å²) in [5.74, 6) is 0. The average Bonchev–Trinajstić information content (AvgIpc) is 2.37. The van der Waals surface area contributed by atoms with Gasteiger partial charge in [0.2, 0.25) is 0 Å². The Morgan fingerprint density at radius 2 is 1.90 bits per heavy atom. The first-order valence-electron chi connectivity index (χ1n) is 5.27. The second-order valence-electron chi connectivity index (χ2n) is 3.86. The molecule has 2 rings (SSSR count). The fourth-order valence-electron chi connectivity index (χ4n) is 1.57. The van der Waals surface area contributed by atoms with E-state index in [1.54, 1.807) is 12.1 Å². The normalized spacial score (nSPS) is 11.5. The van der Waals surface area contributed by atoms with E-state index in [9.17, 15) is 13.2 Å². The highest BCUT2D eigenvalue weighted by molar-refractivity contribution is 6.33. The Labute approximate surface area is 122 Å². The fraction of sp³-hybridized carbons (Fsp3) is 0.0833. The molecule has 3 nitrogen and oxygen atoms in total.